The summed E-state index contributed by atoms with van der Waals surface area (Å²) < 4.78 is 12.1. The summed E-state index contributed by atoms with van der Waals surface area (Å²) in [7, 11) is 0. The molecule has 1 saturated heterocycles. The van der Waals surface area contributed by atoms with E-state index in [0.29, 0.717) is 11.9 Å². The number of nitrogens with zero attached hydrogens (tertiary/aromatic N) is 3. The Labute approximate surface area is 140 Å². The molecule has 0 bridgehead atoms. The first-order chi connectivity index (χ1) is 11.3. The van der Waals surface area contributed by atoms with Crippen LogP contribution in [0.1, 0.15) is 23.5 Å². The Morgan fingerprint density at radius 3 is 3.13 bits per heavy atom. The van der Waals surface area contributed by atoms with Gasteiger partial charge in [-0.3, -0.25) is 4.90 Å². The van der Waals surface area contributed by atoms with Gasteiger partial charge in [-0.15, -0.1) is 11.3 Å². The molecule has 0 aromatic carbocycles. The van der Waals surface area contributed by atoms with Crippen molar-refractivity contribution in [1.29, 1.82) is 0 Å². The first kappa shape index (κ1) is 15.1. The fraction of sp³-hybridized carbons (Fsp3) is 0.529. The largest absolute Gasteiger partial charge is 0.472 e. The molecule has 2 aromatic heterocycles. The van der Waals surface area contributed by atoms with E-state index in [2.05, 4.69) is 27.2 Å². The van der Waals surface area contributed by atoms with Crippen molar-refractivity contribution in [3.05, 3.63) is 40.5 Å². The van der Waals surface area contributed by atoms with Crippen LogP contribution in [-0.4, -0.2) is 46.3 Å². The summed E-state index contributed by atoms with van der Waals surface area (Å²) in [6.45, 7) is 4.69. The zero-order valence-corrected chi connectivity index (χ0v) is 14.0. The van der Waals surface area contributed by atoms with Gasteiger partial charge in [0.25, 0.3) is 0 Å². The number of hydrogen-bond donors (Lipinski definition) is 0. The lowest BCUT2D eigenvalue weighted by molar-refractivity contribution is -0.0924. The quantitative estimate of drug-likeness (QED) is 0.862. The van der Waals surface area contributed by atoms with E-state index in [9.17, 15) is 0 Å². The van der Waals surface area contributed by atoms with Crippen LogP contribution in [0.5, 0.6) is 5.88 Å². The van der Waals surface area contributed by atoms with Gasteiger partial charge in [0.05, 0.1) is 17.3 Å². The van der Waals surface area contributed by atoms with Gasteiger partial charge in [-0.05, 0) is 25.8 Å². The van der Waals surface area contributed by atoms with Crippen LogP contribution in [0.4, 0.5) is 0 Å². The Bertz CT molecular complexity index is 648. The molecule has 3 atom stereocenters. The number of fused-ring (bicyclic) bond motifs is 1. The van der Waals surface area contributed by atoms with Gasteiger partial charge in [-0.2, -0.15) is 0 Å². The molecular formula is C17H21N3O2S. The van der Waals surface area contributed by atoms with Gasteiger partial charge in [0, 0.05) is 36.8 Å². The summed E-state index contributed by atoms with van der Waals surface area (Å²) in [5, 5.41) is 3.30. The highest BCUT2D eigenvalue weighted by Crippen LogP contribution is 2.33. The van der Waals surface area contributed by atoms with Crippen molar-refractivity contribution in [2.24, 2.45) is 0 Å². The van der Waals surface area contributed by atoms with Crippen LogP contribution < -0.4 is 4.74 Å². The van der Waals surface area contributed by atoms with E-state index in [-0.39, 0.29) is 12.2 Å². The Morgan fingerprint density at radius 1 is 1.39 bits per heavy atom. The van der Waals surface area contributed by atoms with E-state index in [1.54, 1.807) is 17.5 Å². The molecule has 5 nitrogen and oxygen atoms in total. The number of pyridine rings is 1. The predicted molar refractivity (Wildman–Crippen MR) is 88.7 cm³/mol. The molecule has 122 valence electrons. The van der Waals surface area contributed by atoms with Crippen LogP contribution in [0.25, 0.3) is 0 Å². The second kappa shape index (κ2) is 6.55. The second-order valence-electron chi connectivity index (χ2n) is 6.13. The minimum atomic E-state index is 0.0925. The maximum absolute atomic E-state index is 6.07. The lowest BCUT2D eigenvalue weighted by Gasteiger charge is -2.38. The van der Waals surface area contributed by atoms with E-state index in [0.717, 1.165) is 37.5 Å². The van der Waals surface area contributed by atoms with Gasteiger partial charge >= 0.3 is 0 Å². The van der Waals surface area contributed by atoms with Gasteiger partial charge in [-0.25, -0.2) is 9.97 Å². The Hall–Kier alpha value is -1.50. The first-order valence-corrected chi connectivity index (χ1v) is 9.02. The van der Waals surface area contributed by atoms with E-state index < -0.39 is 0 Å². The number of ether oxygens (including phenoxy) is 2. The maximum Gasteiger partial charge on any atom is 0.213 e. The van der Waals surface area contributed by atoms with E-state index in [4.69, 9.17) is 9.47 Å². The number of rotatable bonds is 4. The minimum Gasteiger partial charge on any atom is -0.472 e. The predicted octanol–water partition coefficient (Wildman–Crippen LogP) is 2.66. The van der Waals surface area contributed by atoms with Crippen molar-refractivity contribution in [3.8, 4) is 5.88 Å². The Kier molecular flexibility index (Phi) is 4.29. The van der Waals surface area contributed by atoms with Gasteiger partial charge in [0.15, 0.2) is 0 Å². The standard InChI is InChI=1S/C17H21N3O2S/c1-12-19-13(11-23-12)10-20-8-9-21-17-14(20)5-6-15(17)22-16-4-2-3-7-18-16/h2-4,7,11,14-15,17H,5-6,8-10H2,1H3/t14-,15-,17+/m1/s1. The lowest BCUT2D eigenvalue weighted by Crippen LogP contribution is -2.51. The summed E-state index contributed by atoms with van der Waals surface area (Å²) in [6.07, 6.45) is 4.10. The van der Waals surface area contributed by atoms with Crippen molar-refractivity contribution < 1.29 is 9.47 Å². The molecule has 1 aliphatic heterocycles. The number of thiazole rings is 1. The Morgan fingerprint density at radius 2 is 2.35 bits per heavy atom. The molecule has 0 radical (unpaired) electrons. The van der Waals surface area contributed by atoms with Crippen molar-refractivity contribution >= 4 is 11.3 Å². The highest BCUT2D eigenvalue weighted by molar-refractivity contribution is 7.09. The normalized spacial score (nSPS) is 27.8. The zero-order valence-electron chi connectivity index (χ0n) is 13.2. The van der Waals surface area contributed by atoms with Gasteiger partial charge < -0.3 is 9.47 Å². The molecule has 0 spiro atoms. The number of hydrogen-bond acceptors (Lipinski definition) is 6. The van der Waals surface area contributed by atoms with Crippen LogP contribution >= 0.6 is 11.3 Å². The van der Waals surface area contributed by atoms with Gasteiger partial charge in [-0.1, -0.05) is 6.07 Å². The molecule has 23 heavy (non-hydrogen) atoms. The molecule has 2 aliphatic rings. The average Bonchev–Trinajstić information content (AvgIpc) is 3.16. The maximum atomic E-state index is 6.07. The zero-order chi connectivity index (χ0) is 15.6. The summed E-state index contributed by atoms with van der Waals surface area (Å²) in [5.74, 6) is 0.689. The summed E-state index contributed by atoms with van der Waals surface area (Å²) >= 11 is 1.72. The summed E-state index contributed by atoms with van der Waals surface area (Å²) in [6, 6.07) is 6.18. The van der Waals surface area contributed by atoms with Crippen molar-refractivity contribution in [2.75, 3.05) is 13.2 Å². The van der Waals surface area contributed by atoms with E-state index >= 15 is 0 Å². The van der Waals surface area contributed by atoms with Crippen LogP contribution in [0.3, 0.4) is 0 Å². The molecule has 2 fully saturated rings. The minimum absolute atomic E-state index is 0.0925. The fourth-order valence-electron chi connectivity index (χ4n) is 3.58. The molecule has 2 aromatic rings. The van der Waals surface area contributed by atoms with Crippen molar-refractivity contribution in [3.63, 3.8) is 0 Å². The summed E-state index contributed by atoms with van der Waals surface area (Å²) in [4.78, 5) is 11.4. The third-order valence-corrected chi connectivity index (χ3v) is 5.41. The third-order valence-electron chi connectivity index (χ3n) is 4.59. The first-order valence-electron chi connectivity index (χ1n) is 8.14. The molecule has 1 saturated carbocycles. The highest BCUT2D eigenvalue weighted by atomic mass is 32.1. The molecule has 0 N–H and O–H groups in total. The SMILES string of the molecule is Cc1nc(CN2CCO[C@H]3[C@H]2CC[C@H]3Oc2ccccn2)cs1. The molecule has 1 aliphatic carbocycles. The van der Waals surface area contributed by atoms with Crippen LogP contribution in [-0.2, 0) is 11.3 Å². The molecule has 4 rings (SSSR count). The third kappa shape index (κ3) is 3.24. The fourth-order valence-corrected chi connectivity index (χ4v) is 4.18. The molecule has 0 amide bonds. The van der Waals surface area contributed by atoms with Crippen LogP contribution in [0, 0.1) is 6.92 Å². The van der Waals surface area contributed by atoms with Gasteiger partial charge in [0.2, 0.25) is 5.88 Å². The highest BCUT2D eigenvalue weighted by Gasteiger charge is 2.44. The number of aromatic nitrogens is 2. The van der Waals surface area contributed by atoms with E-state index in [1.165, 1.54) is 5.69 Å². The lowest BCUT2D eigenvalue weighted by atomic mass is 10.1. The van der Waals surface area contributed by atoms with Crippen molar-refractivity contribution in [2.45, 2.75) is 44.6 Å². The monoisotopic (exact) mass is 331 g/mol. The van der Waals surface area contributed by atoms with Crippen molar-refractivity contribution in [1.82, 2.24) is 14.9 Å². The Balaban J connectivity index is 1.43. The number of aryl methyl sites for hydroxylation is 1. The summed E-state index contributed by atoms with van der Waals surface area (Å²) in [5.41, 5.74) is 1.17. The second-order valence-corrected chi connectivity index (χ2v) is 7.19. The van der Waals surface area contributed by atoms with Crippen LogP contribution in [0.2, 0.25) is 0 Å². The average molecular weight is 331 g/mol. The molecular weight excluding hydrogens is 310 g/mol. The topological polar surface area (TPSA) is 47.5 Å². The molecule has 3 heterocycles. The molecule has 6 heteroatoms. The molecule has 0 unspecified atom stereocenters. The van der Waals surface area contributed by atoms with Crippen LogP contribution in [0.15, 0.2) is 29.8 Å². The van der Waals surface area contributed by atoms with Gasteiger partial charge in [0.1, 0.15) is 12.2 Å². The smallest absolute Gasteiger partial charge is 0.213 e. The van der Waals surface area contributed by atoms with E-state index in [1.807, 2.05) is 18.2 Å². The number of morpholine rings is 1.